The minimum atomic E-state index is -0.275. The van der Waals surface area contributed by atoms with Crippen LogP contribution >= 0.6 is 0 Å². The van der Waals surface area contributed by atoms with Gasteiger partial charge >= 0.3 is 6.03 Å². The van der Waals surface area contributed by atoms with Crippen molar-refractivity contribution in [1.82, 2.24) is 19.7 Å². The molecule has 2 aromatic carbocycles. The summed E-state index contributed by atoms with van der Waals surface area (Å²) in [5, 5.41) is 8.70. The van der Waals surface area contributed by atoms with Crippen molar-refractivity contribution in [3.05, 3.63) is 78.0 Å². The molecule has 162 valence electrons. The molecule has 1 aliphatic rings. The van der Waals surface area contributed by atoms with Gasteiger partial charge in [-0.1, -0.05) is 49.4 Å². The lowest BCUT2D eigenvalue weighted by atomic mass is 10.0. The molecule has 2 aromatic heterocycles. The van der Waals surface area contributed by atoms with E-state index in [2.05, 4.69) is 22.3 Å². The highest BCUT2D eigenvalue weighted by Crippen LogP contribution is 2.32. The number of anilines is 2. The Hall–Kier alpha value is -3.91. The third-order valence-electron chi connectivity index (χ3n) is 5.70. The molecule has 1 aliphatic heterocycles. The molecule has 8 heteroatoms. The number of nitrogens with two attached hydrogens (primary N) is 1. The van der Waals surface area contributed by atoms with Crippen LogP contribution in [0.15, 0.2) is 66.9 Å². The Balaban J connectivity index is 1.43. The number of hydrogen-bond acceptors (Lipinski definition) is 5. The first-order chi connectivity index (χ1) is 15.6. The van der Waals surface area contributed by atoms with Crippen molar-refractivity contribution in [2.24, 2.45) is 0 Å². The third-order valence-corrected chi connectivity index (χ3v) is 5.70. The predicted molar refractivity (Wildman–Crippen MR) is 123 cm³/mol. The van der Waals surface area contributed by atoms with Crippen LogP contribution in [0.4, 0.5) is 16.4 Å². The number of carbonyl (C=O) groups is 1. The van der Waals surface area contributed by atoms with Gasteiger partial charge in [-0.25, -0.2) is 9.31 Å². The van der Waals surface area contributed by atoms with Crippen molar-refractivity contribution < 1.29 is 9.63 Å². The summed E-state index contributed by atoms with van der Waals surface area (Å²) in [7, 11) is 0. The summed E-state index contributed by atoms with van der Waals surface area (Å²) in [6.07, 6.45) is 3.43. The molecule has 4 aromatic rings. The first-order valence-corrected chi connectivity index (χ1v) is 10.7. The Morgan fingerprint density at radius 2 is 1.97 bits per heavy atom. The number of carbonyl (C=O) groups excluding carboxylic acids is 1. The smallest absolute Gasteiger partial charge is 0.346 e. The predicted octanol–water partition coefficient (Wildman–Crippen LogP) is 4.45. The molecule has 0 aliphatic carbocycles. The first kappa shape index (κ1) is 20.0. The SMILES string of the molecule is CCc1ccc(-c2ccc3nc(N)nn3c2)cc1NC(=O)N1OCC[C@H]1c1ccccc1. The summed E-state index contributed by atoms with van der Waals surface area (Å²) < 4.78 is 1.65. The molecule has 1 atom stereocenters. The quantitative estimate of drug-likeness (QED) is 0.500. The van der Waals surface area contributed by atoms with Crippen LogP contribution in [0, 0.1) is 0 Å². The second-order valence-corrected chi connectivity index (χ2v) is 7.72. The van der Waals surface area contributed by atoms with E-state index in [0.29, 0.717) is 12.3 Å². The molecule has 5 rings (SSSR count). The van der Waals surface area contributed by atoms with Crippen LogP contribution in [-0.4, -0.2) is 32.3 Å². The highest BCUT2D eigenvalue weighted by molar-refractivity contribution is 5.91. The van der Waals surface area contributed by atoms with Gasteiger partial charge in [0.2, 0.25) is 5.95 Å². The van der Waals surface area contributed by atoms with Crippen LogP contribution in [0.25, 0.3) is 16.8 Å². The van der Waals surface area contributed by atoms with Crippen LogP contribution in [0.1, 0.15) is 30.5 Å². The zero-order valence-electron chi connectivity index (χ0n) is 17.7. The first-order valence-electron chi connectivity index (χ1n) is 10.7. The second-order valence-electron chi connectivity index (χ2n) is 7.72. The zero-order chi connectivity index (χ0) is 22.1. The molecule has 0 spiro atoms. The Morgan fingerprint density at radius 3 is 2.78 bits per heavy atom. The van der Waals surface area contributed by atoms with Crippen molar-refractivity contribution >= 4 is 23.3 Å². The van der Waals surface area contributed by atoms with Crippen LogP contribution in [0.2, 0.25) is 0 Å². The summed E-state index contributed by atoms with van der Waals surface area (Å²) in [4.78, 5) is 23.0. The van der Waals surface area contributed by atoms with E-state index >= 15 is 0 Å². The van der Waals surface area contributed by atoms with E-state index in [1.807, 2.05) is 66.9 Å². The van der Waals surface area contributed by atoms with Crippen LogP contribution < -0.4 is 11.1 Å². The Bertz CT molecular complexity index is 1270. The second kappa shape index (κ2) is 8.32. The lowest BCUT2D eigenvalue weighted by Crippen LogP contribution is -2.33. The number of benzene rings is 2. The average Bonchev–Trinajstić information content (AvgIpc) is 3.45. The number of nitrogens with one attached hydrogen (secondary N) is 1. The molecular formula is C24H24N6O2. The number of hydrogen-bond donors (Lipinski definition) is 2. The number of amides is 2. The molecule has 2 amide bonds. The van der Waals surface area contributed by atoms with Gasteiger partial charge in [0.25, 0.3) is 0 Å². The van der Waals surface area contributed by atoms with Gasteiger partial charge in [-0.15, -0.1) is 5.10 Å². The van der Waals surface area contributed by atoms with Crippen LogP contribution in [-0.2, 0) is 11.3 Å². The Morgan fingerprint density at radius 1 is 1.16 bits per heavy atom. The molecule has 0 unspecified atom stereocenters. The fraction of sp³-hybridized carbons (Fsp3) is 0.208. The number of rotatable bonds is 4. The number of nitrogens with zero attached hydrogens (tertiary/aromatic N) is 4. The third kappa shape index (κ3) is 3.76. The monoisotopic (exact) mass is 428 g/mol. The molecule has 3 heterocycles. The zero-order valence-corrected chi connectivity index (χ0v) is 17.7. The fourth-order valence-electron chi connectivity index (χ4n) is 4.07. The molecule has 0 saturated carbocycles. The van der Waals surface area contributed by atoms with E-state index < -0.39 is 0 Å². The number of urea groups is 1. The van der Waals surface area contributed by atoms with E-state index in [9.17, 15) is 4.79 Å². The number of aromatic nitrogens is 3. The summed E-state index contributed by atoms with van der Waals surface area (Å²) in [6.45, 7) is 2.57. The van der Waals surface area contributed by atoms with Crippen molar-refractivity contribution in [3.63, 3.8) is 0 Å². The molecule has 1 saturated heterocycles. The van der Waals surface area contributed by atoms with Gasteiger partial charge in [-0.3, -0.25) is 4.84 Å². The van der Waals surface area contributed by atoms with Gasteiger partial charge in [-0.05, 0) is 41.3 Å². The Labute approximate surface area is 185 Å². The fourth-order valence-corrected chi connectivity index (χ4v) is 4.07. The lowest BCUT2D eigenvalue weighted by molar-refractivity contribution is -0.0829. The maximum absolute atomic E-state index is 13.1. The summed E-state index contributed by atoms with van der Waals surface area (Å²) in [5.74, 6) is 0.231. The van der Waals surface area contributed by atoms with E-state index in [1.54, 1.807) is 4.52 Å². The maximum atomic E-state index is 13.1. The number of pyridine rings is 1. The van der Waals surface area contributed by atoms with E-state index in [4.69, 9.17) is 10.6 Å². The van der Waals surface area contributed by atoms with Crippen molar-refractivity contribution in [1.29, 1.82) is 0 Å². The maximum Gasteiger partial charge on any atom is 0.346 e. The van der Waals surface area contributed by atoms with E-state index in [1.165, 1.54) is 5.06 Å². The summed E-state index contributed by atoms with van der Waals surface area (Å²) >= 11 is 0. The average molecular weight is 428 g/mol. The number of hydroxylamine groups is 2. The van der Waals surface area contributed by atoms with Crippen molar-refractivity contribution in [3.8, 4) is 11.1 Å². The topological polar surface area (TPSA) is 97.8 Å². The van der Waals surface area contributed by atoms with Crippen molar-refractivity contribution in [2.45, 2.75) is 25.8 Å². The van der Waals surface area contributed by atoms with Gasteiger partial charge in [0.05, 0.1) is 12.6 Å². The number of nitrogen functional groups attached to an aromatic ring is 1. The molecule has 8 nitrogen and oxygen atoms in total. The standard InChI is InChI=1S/C24H24N6O2/c1-2-16-8-9-18(19-10-11-22-27-23(25)28-29(22)15-19)14-20(16)26-24(31)30-21(12-13-32-30)17-6-4-3-5-7-17/h3-11,14-15,21H,2,12-13H2,1H3,(H2,25,28)(H,26,31)/t21-/m0/s1. The van der Waals surface area contributed by atoms with Crippen LogP contribution in [0.3, 0.4) is 0 Å². The van der Waals surface area contributed by atoms with Gasteiger partial charge in [0, 0.05) is 23.9 Å². The molecular weight excluding hydrogens is 404 g/mol. The Kier molecular flexibility index (Phi) is 5.20. The highest BCUT2D eigenvalue weighted by Gasteiger charge is 2.32. The normalized spacial score (nSPS) is 15.9. The minimum absolute atomic E-state index is 0.107. The van der Waals surface area contributed by atoms with Gasteiger partial charge in [-0.2, -0.15) is 10.0 Å². The van der Waals surface area contributed by atoms with Crippen LogP contribution in [0.5, 0.6) is 0 Å². The summed E-state index contributed by atoms with van der Waals surface area (Å²) in [6, 6.07) is 19.4. The largest absolute Gasteiger partial charge is 0.366 e. The number of fused-ring (bicyclic) bond motifs is 1. The van der Waals surface area contributed by atoms with Crippen molar-refractivity contribution in [2.75, 3.05) is 17.7 Å². The summed E-state index contributed by atoms with van der Waals surface area (Å²) in [5.41, 5.74) is 11.1. The molecule has 32 heavy (non-hydrogen) atoms. The highest BCUT2D eigenvalue weighted by atomic mass is 16.7. The molecule has 3 N–H and O–H groups in total. The lowest BCUT2D eigenvalue weighted by Gasteiger charge is -2.24. The number of aryl methyl sites for hydroxylation is 1. The molecule has 0 radical (unpaired) electrons. The molecule has 0 bridgehead atoms. The van der Waals surface area contributed by atoms with Gasteiger partial charge < -0.3 is 11.1 Å². The minimum Gasteiger partial charge on any atom is -0.366 e. The molecule has 1 fully saturated rings. The van der Waals surface area contributed by atoms with E-state index in [0.717, 1.165) is 40.8 Å². The van der Waals surface area contributed by atoms with Gasteiger partial charge in [0.15, 0.2) is 5.65 Å². The van der Waals surface area contributed by atoms with Gasteiger partial charge in [0.1, 0.15) is 0 Å². The van der Waals surface area contributed by atoms with E-state index in [-0.39, 0.29) is 18.0 Å².